The van der Waals surface area contributed by atoms with Crippen molar-refractivity contribution in [1.82, 2.24) is 10.2 Å². The summed E-state index contributed by atoms with van der Waals surface area (Å²) in [6, 6.07) is 9.38. The molecule has 30 heavy (non-hydrogen) atoms. The van der Waals surface area contributed by atoms with E-state index in [0.29, 0.717) is 31.2 Å². The Labute approximate surface area is 177 Å². The summed E-state index contributed by atoms with van der Waals surface area (Å²) in [6.07, 6.45) is 0. The topological polar surface area (TPSA) is 95.8 Å². The van der Waals surface area contributed by atoms with Gasteiger partial charge in [0.1, 0.15) is 5.82 Å². The van der Waals surface area contributed by atoms with Crippen molar-refractivity contribution in [2.45, 2.75) is 6.92 Å². The van der Waals surface area contributed by atoms with Crippen LogP contribution < -0.4 is 10.2 Å². The lowest BCUT2D eigenvalue weighted by Gasteiger charge is -2.36. The molecule has 0 spiro atoms. The number of hydrogen-bond acceptors (Lipinski definition) is 5. The minimum absolute atomic E-state index is 0.147. The van der Waals surface area contributed by atoms with Gasteiger partial charge >= 0.3 is 0 Å². The maximum absolute atomic E-state index is 13.9. The third kappa shape index (κ3) is 4.85. The van der Waals surface area contributed by atoms with E-state index in [2.05, 4.69) is 10.2 Å². The van der Waals surface area contributed by atoms with Crippen LogP contribution >= 0.6 is 11.6 Å². The zero-order valence-corrected chi connectivity index (χ0v) is 17.0. The fourth-order valence-electron chi connectivity index (χ4n) is 3.22. The van der Waals surface area contributed by atoms with Crippen molar-refractivity contribution in [2.24, 2.45) is 0 Å². The first-order valence-electron chi connectivity index (χ1n) is 9.27. The van der Waals surface area contributed by atoms with Gasteiger partial charge in [0.05, 0.1) is 17.0 Å². The molecule has 0 radical (unpaired) electrons. The van der Waals surface area contributed by atoms with Gasteiger partial charge in [-0.05, 0) is 37.3 Å². The Morgan fingerprint density at radius 3 is 2.40 bits per heavy atom. The smallest absolute Gasteiger partial charge is 0.276 e. The lowest BCUT2D eigenvalue weighted by atomic mass is 10.1. The third-order valence-corrected chi connectivity index (χ3v) is 5.25. The SMILES string of the molecule is Cc1c(F)cc(C(=O)NCC(=O)N2CCN(c3ccc(Cl)cc3)CC2)cc1[N+](=O)[O-]. The summed E-state index contributed by atoms with van der Waals surface area (Å²) < 4.78 is 13.9. The lowest BCUT2D eigenvalue weighted by Crippen LogP contribution is -2.51. The van der Waals surface area contributed by atoms with Crippen molar-refractivity contribution >= 4 is 34.8 Å². The number of amides is 2. The zero-order valence-electron chi connectivity index (χ0n) is 16.2. The van der Waals surface area contributed by atoms with E-state index in [-0.39, 0.29) is 23.6 Å². The molecule has 2 aromatic carbocycles. The minimum atomic E-state index is -0.848. The molecule has 0 saturated carbocycles. The van der Waals surface area contributed by atoms with Gasteiger partial charge in [-0.25, -0.2) is 4.39 Å². The van der Waals surface area contributed by atoms with E-state index >= 15 is 0 Å². The number of rotatable bonds is 5. The molecule has 0 aliphatic carbocycles. The second-order valence-electron chi connectivity index (χ2n) is 6.89. The van der Waals surface area contributed by atoms with Gasteiger partial charge in [-0.1, -0.05) is 11.6 Å². The van der Waals surface area contributed by atoms with Crippen molar-refractivity contribution in [3.8, 4) is 0 Å². The fraction of sp³-hybridized carbons (Fsp3) is 0.300. The van der Waals surface area contributed by atoms with Gasteiger partial charge in [0, 0.05) is 48.5 Å². The number of nitrogens with one attached hydrogen (secondary N) is 1. The maximum Gasteiger partial charge on any atom is 0.276 e. The minimum Gasteiger partial charge on any atom is -0.368 e. The van der Waals surface area contributed by atoms with Crippen molar-refractivity contribution in [3.05, 3.63) is 68.5 Å². The summed E-state index contributed by atoms with van der Waals surface area (Å²) in [5.74, 6) is -1.87. The number of anilines is 1. The average molecular weight is 435 g/mol. The molecule has 1 N–H and O–H groups in total. The summed E-state index contributed by atoms with van der Waals surface area (Å²) in [4.78, 5) is 38.7. The Morgan fingerprint density at radius 1 is 1.17 bits per heavy atom. The molecule has 0 atom stereocenters. The van der Waals surface area contributed by atoms with E-state index in [9.17, 15) is 24.1 Å². The molecular formula is C20H20ClFN4O4. The zero-order chi connectivity index (χ0) is 21.8. The second kappa shape index (κ2) is 9.08. The van der Waals surface area contributed by atoms with Gasteiger partial charge in [0.25, 0.3) is 11.6 Å². The molecule has 1 heterocycles. The highest BCUT2D eigenvalue weighted by atomic mass is 35.5. The molecule has 1 fully saturated rings. The van der Waals surface area contributed by atoms with Crippen LogP contribution in [0.4, 0.5) is 15.8 Å². The highest BCUT2D eigenvalue weighted by Crippen LogP contribution is 2.23. The number of nitrogens with zero attached hydrogens (tertiary/aromatic N) is 3. The molecule has 0 aromatic heterocycles. The van der Waals surface area contributed by atoms with Gasteiger partial charge in [-0.2, -0.15) is 0 Å². The molecular weight excluding hydrogens is 415 g/mol. The molecule has 1 saturated heterocycles. The molecule has 2 aromatic rings. The largest absolute Gasteiger partial charge is 0.368 e. The summed E-state index contributed by atoms with van der Waals surface area (Å²) in [7, 11) is 0. The van der Waals surface area contributed by atoms with Gasteiger partial charge < -0.3 is 15.1 Å². The highest BCUT2D eigenvalue weighted by molar-refractivity contribution is 6.30. The number of nitro benzene ring substituents is 1. The van der Waals surface area contributed by atoms with E-state index in [1.165, 1.54) is 6.92 Å². The van der Waals surface area contributed by atoms with Crippen LogP contribution in [-0.2, 0) is 4.79 Å². The van der Waals surface area contributed by atoms with Crippen LogP contribution in [0.1, 0.15) is 15.9 Å². The molecule has 8 nitrogen and oxygen atoms in total. The van der Waals surface area contributed by atoms with Gasteiger partial charge in [0.15, 0.2) is 0 Å². The van der Waals surface area contributed by atoms with E-state index in [4.69, 9.17) is 11.6 Å². The van der Waals surface area contributed by atoms with Crippen LogP contribution in [0.2, 0.25) is 5.02 Å². The van der Waals surface area contributed by atoms with E-state index < -0.39 is 22.3 Å². The Balaban J connectivity index is 1.54. The quantitative estimate of drug-likeness (QED) is 0.576. The van der Waals surface area contributed by atoms with Crippen molar-refractivity contribution in [1.29, 1.82) is 0 Å². The summed E-state index contributed by atoms with van der Waals surface area (Å²) >= 11 is 5.90. The van der Waals surface area contributed by atoms with Gasteiger partial charge in [-0.3, -0.25) is 19.7 Å². The molecule has 1 aliphatic heterocycles. The lowest BCUT2D eigenvalue weighted by molar-refractivity contribution is -0.385. The Bertz CT molecular complexity index is 976. The summed E-state index contributed by atoms with van der Waals surface area (Å²) in [6.45, 7) is 3.24. The summed E-state index contributed by atoms with van der Waals surface area (Å²) in [5, 5.41) is 14.1. The number of carbonyl (C=O) groups excluding carboxylic acids is 2. The number of carbonyl (C=O) groups is 2. The van der Waals surface area contributed by atoms with Crippen molar-refractivity contribution < 1.29 is 18.9 Å². The van der Waals surface area contributed by atoms with Crippen LogP contribution in [0, 0.1) is 22.9 Å². The van der Waals surface area contributed by atoms with E-state index in [0.717, 1.165) is 17.8 Å². The number of benzene rings is 2. The van der Waals surface area contributed by atoms with Crippen molar-refractivity contribution in [2.75, 3.05) is 37.6 Å². The van der Waals surface area contributed by atoms with Gasteiger partial charge in [-0.15, -0.1) is 0 Å². The first-order valence-corrected chi connectivity index (χ1v) is 9.65. The monoisotopic (exact) mass is 434 g/mol. The molecule has 0 bridgehead atoms. The predicted molar refractivity (Wildman–Crippen MR) is 110 cm³/mol. The molecule has 10 heteroatoms. The predicted octanol–water partition coefficient (Wildman–Crippen LogP) is 2.77. The van der Waals surface area contributed by atoms with Crippen LogP contribution in [0.3, 0.4) is 0 Å². The van der Waals surface area contributed by atoms with Gasteiger partial charge in [0.2, 0.25) is 5.91 Å². The molecule has 158 valence electrons. The van der Waals surface area contributed by atoms with Crippen LogP contribution in [-0.4, -0.2) is 54.4 Å². The molecule has 3 rings (SSSR count). The second-order valence-corrected chi connectivity index (χ2v) is 7.32. The maximum atomic E-state index is 13.9. The number of piperazine rings is 1. The molecule has 0 unspecified atom stereocenters. The Hall–Kier alpha value is -3.20. The number of halogens is 2. The van der Waals surface area contributed by atoms with Crippen LogP contribution in [0.15, 0.2) is 36.4 Å². The number of nitro groups is 1. The van der Waals surface area contributed by atoms with Crippen molar-refractivity contribution in [3.63, 3.8) is 0 Å². The normalized spacial score (nSPS) is 13.8. The summed E-state index contributed by atoms with van der Waals surface area (Å²) in [5.41, 5.74) is 0.184. The Morgan fingerprint density at radius 2 is 1.80 bits per heavy atom. The first-order chi connectivity index (χ1) is 14.3. The van der Waals surface area contributed by atoms with Crippen LogP contribution in [0.5, 0.6) is 0 Å². The van der Waals surface area contributed by atoms with E-state index in [1.54, 1.807) is 4.90 Å². The highest BCUT2D eigenvalue weighted by Gasteiger charge is 2.23. The third-order valence-electron chi connectivity index (χ3n) is 5.00. The van der Waals surface area contributed by atoms with Crippen LogP contribution in [0.25, 0.3) is 0 Å². The molecule has 1 aliphatic rings. The number of hydrogen-bond donors (Lipinski definition) is 1. The fourth-order valence-corrected chi connectivity index (χ4v) is 3.35. The van der Waals surface area contributed by atoms with E-state index in [1.807, 2.05) is 24.3 Å². The first kappa shape index (κ1) is 21.5. The standard InChI is InChI=1S/C20H20ClFN4O4/c1-13-17(22)10-14(11-18(13)26(29)30)20(28)23-12-19(27)25-8-6-24(7-9-25)16-4-2-15(21)3-5-16/h2-5,10-11H,6-9,12H2,1H3,(H,23,28). The molecule has 2 amide bonds. The Kier molecular flexibility index (Phi) is 6.51. The average Bonchev–Trinajstić information content (AvgIpc) is 2.74.